The lowest BCUT2D eigenvalue weighted by Crippen LogP contribution is -2.28. The summed E-state index contributed by atoms with van der Waals surface area (Å²) in [4.78, 5) is 0.223. The van der Waals surface area contributed by atoms with E-state index in [2.05, 4.69) is 4.72 Å². The Morgan fingerprint density at radius 1 is 1.00 bits per heavy atom. The van der Waals surface area contributed by atoms with E-state index in [1.165, 1.54) is 11.6 Å². The summed E-state index contributed by atoms with van der Waals surface area (Å²) in [6.45, 7) is -0.0804. The first kappa shape index (κ1) is 17.8. The second-order valence-electron chi connectivity index (χ2n) is 5.96. The summed E-state index contributed by atoms with van der Waals surface area (Å²) in [7, 11) is -3.65. The summed E-state index contributed by atoms with van der Waals surface area (Å²) in [6, 6.07) is 8.16. The quantitative estimate of drug-likeness (QED) is 0.798. The summed E-state index contributed by atoms with van der Waals surface area (Å²) in [5, 5.41) is 0. The van der Waals surface area contributed by atoms with Gasteiger partial charge in [0.1, 0.15) is 12.4 Å². The molecule has 0 aromatic heterocycles. The summed E-state index contributed by atoms with van der Waals surface area (Å²) < 4.78 is 58.5. The maximum absolute atomic E-state index is 13.4. The average molecular weight is 367 g/mol. The molecule has 0 saturated carbocycles. The molecule has 0 atom stereocenters. The van der Waals surface area contributed by atoms with Crippen LogP contribution in [0.5, 0.6) is 5.75 Å². The van der Waals surface area contributed by atoms with E-state index in [0.717, 1.165) is 37.3 Å². The highest BCUT2D eigenvalue weighted by Gasteiger charge is 2.17. The zero-order valence-electron chi connectivity index (χ0n) is 13.6. The highest BCUT2D eigenvalue weighted by molar-refractivity contribution is 7.89. The largest absolute Gasteiger partial charge is 0.489 e. The van der Waals surface area contributed by atoms with Gasteiger partial charge in [0.25, 0.3) is 0 Å². The molecule has 0 bridgehead atoms. The van der Waals surface area contributed by atoms with Gasteiger partial charge in [0.15, 0.2) is 11.6 Å². The SMILES string of the molecule is O=S(=O)(NCCOc1ccc(F)cc1F)c1ccc2c(c1)CCCC2. The van der Waals surface area contributed by atoms with Gasteiger partial charge in [-0.2, -0.15) is 0 Å². The Labute approximate surface area is 145 Å². The topological polar surface area (TPSA) is 55.4 Å². The fourth-order valence-corrected chi connectivity index (χ4v) is 3.95. The maximum Gasteiger partial charge on any atom is 0.240 e. The van der Waals surface area contributed by atoms with Gasteiger partial charge in [0.05, 0.1) is 4.90 Å². The van der Waals surface area contributed by atoms with Crippen molar-refractivity contribution in [3.63, 3.8) is 0 Å². The minimum atomic E-state index is -3.65. The van der Waals surface area contributed by atoms with Crippen molar-refractivity contribution in [3.05, 3.63) is 59.2 Å². The van der Waals surface area contributed by atoms with E-state index in [9.17, 15) is 17.2 Å². The van der Waals surface area contributed by atoms with E-state index in [0.29, 0.717) is 6.07 Å². The van der Waals surface area contributed by atoms with E-state index < -0.39 is 21.7 Å². The molecule has 0 unspecified atom stereocenters. The van der Waals surface area contributed by atoms with Crippen molar-refractivity contribution in [3.8, 4) is 5.75 Å². The van der Waals surface area contributed by atoms with Crippen LogP contribution < -0.4 is 9.46 Å². The molecule has 134 valence electrons. The minimum Gasteiger partial charge on any atom is -0.489 e. The molecule has 0 fully saturated rings. The Kier molecular flexibility index (Phi) is 5.34. The third-order valence-corrected chi connectivity index (χ3v) is 5.63. The Morgan fingerprint density at radius 2 is 1.76 bits per heavy atom. The molecular formula is C18H19F2NO3S. The molecular weight excluding hydrogens is 348 g/mol. The molecule has 2 aromatic rings. The molecule has 1 N–H and O–H groups in total. The average Bonchev–Trinajstić information content (AvgIpc) is 2.60. The third-order valence-electron chi connectivity index (χ3n) is 4.18. The number of hydrogen-bond donors (Lipinski definition) is 1. The second-order valence-corrected chi connectivity index (χ2v) is 7.73. The van der Waals surface area contributed by atoms with Gasteiger partial charge >= 0.3 is 0 Å². The summed E-state index contributed by atoms with van der Waals surface area (Å²) in [5.41, 5.74) is 2.29. The normalized spacial score (nSPS) is 14.2. The molecule has 4 nitrogen and oxygen atoms in total. The van der Waals surface area contributed by atoms with Crippen LogP contribution in [0.25, 0.3) is 0 Å². The fourth-order valence-electron chi connectivity index (χ4n) is 2.89. The molecule has 25 heavy (non-hydrogen) atoms. The molecule has 0 spiro atoms. The van der Waals surface area contributed by atoms with Crippen LogP contribution in [-0.4, -0.2) is 21.6 Å². The lowest BCUT2D eigenvalue weighted by atomic mass is 9.92. The van der Waals surface area contributed by atoms with Crippen molar-refractivity contribution < 1.29 is 21.9 Å². The van der Waals surface area contributed by atoms with Crippen molar-refractivity contribution in [2.45, 2.75) is 30.6 Å². The number of sulfonamides is 1. The van der Waals surface area contributed by atoms with E-state index in [4.69, 9.17) is 4.74 Å². The van der Waals surface area contributed by atoms with Crippen LogP contribution in [0.2, 0.25) is 0 Å². The third kappa shape index (κ3) is 4.35. The van der Waals surface area contributed by atoms with Gasteiger partial charge in [-0.1, -0.05) is 6.07 Å². The molecule has 0 saturated heterocycles. The van der Waals surface area contributed by atoms with Gasteiger partial charge in [-0.05, 0) is 61.1 Å². The molecule has 0 amide bonds. The Balaban J connectivity index is 1.58. The van der Waals surface area contributed by atoms with Crippen LogP contribution in [0.15, 0.2) is 41.3 Å². The zero-order valence-corrected chi connectivity index (χ0v) is 14.4. The molecule has 0 radical (unpaired) electrons. The van der Waals surface area contributed by atoms with Crippen LogP contribution in [0, 0.1) is 11.6 Å². The molecule has 0 heterocycles. The van der Waals surface area contributed by atoms with Gasteiger partial charge < -0.3 is 4.74 Å². The van der Waals surface area contributed by atoms with E-state index in [-0.39, 0.29) is 23.8 Å². The first-order valence-electron chi connectivity index (χ1n) is 8.15. The summed E-state index contributed by atoms with van der Waals surface area (Å²) in [5.74, 6) is -1.63. The van der Waals surface area contributed by atoms with Gasteiger partial charge in [0, 0.05) is 12.6 Å². The van der Waals surface area contributed by atoms with Crippen molar-refractivity contribution in [1.29, 1.82) is 0 Å². The molecule has 2 aromatic carbocycles. The fraction of sp³-hybridized carbons (Fsp3) is 0.333. The number of rotatable bonds is 6. The smallest absolute Gasteiger partial charge is 0.240 e. The van der Waals surface area contributed by atoms with Gasteiger partial charge in [-0.25, -0.2) is 21.9 Å². The maximum atomic E-state index is 13.4. The molecule has 7 heteroatoms. The monoisotopic (exact) mass is 367 g/mol. The zero-order chi connectivity index (χ0) is 17.9. The first-order valence-corrected chi connectivity index (χ1v) is 9.63. The van der Waals surface area contributed by atoms with Crippen molar-refractivity contribution >= 4 is 10.0 Å². The van der Waals surface area contributed by atoms with E-state index >= 15 is 0 Å². The number of aryl methyl sites for hydroxylation is 2. The molecule has 3 rings (SSSR count). The number of ether oxygens (including phenoxy) is 1. The van der Waals surface area contributed by atoms with Crippen LogP contribution in [0.3, 0.4) is 0 Å². The standard InChI is InChI=1S/C18H19F2NO3S/c19-15-6-8-18(17(20)12-15)24-10-9-21-25(22,23)16-7-5-13-3-1-2-4-14(13)11-16/h5-8,11-12,21H,1-4,9-10H2. The Hall–Kier alpha value is -1.99. The molecule has 1 aliphatic carbocycles. The van der Waals surface area contributed by atoms with E-state index in [1.54, 1.807) is 12.1 Å². The van der Waals surface area contributed by atoms with Crippen LogP contribution in [0.1, 0.15) is 24.0 Å². The lowest BCUT2D eigenvalue weighted by molar-refractivity contribution is 0.305. The summed E-state index contributed by atoms with van der Waals surface area (Å²) in [6.07, 6.45) is 4.08. The van der Waals surface area contributed by atoms with Crippen molar-refractivity contribution in [2.24, 2.45) is 0 Å². The number of nitrogens with one attached hydrogen (secondary N) is 1. The highest BCUT2D eigenvalue weighted by atomic mass is 32.2. The summed E-state index contributed by atoms with van der Waals surface area (Å²) >= 11 is 0. The van der Waals surface area contributed by atoms with Crippen LogP contribution >= 0.6 is 0 Å². The second kappa shape index (κ2) is 7.49. The minimum absolute atomic E-state index is 0.0176. The van der Waals surface area contributed by atoms with Gasteiger partial charge in [-0.3, -0.25) is 0 Å². The molecule has 1 aliphatic rings. The Bertz CT molecular complexity index is 869. The number of hydrogen-bond acceptors (Lipinski definition) is 3. The number of benzene rings is 2. The Morgan fingerprint density at radius 3 is 2.52 bits per heavy atom. The van der Waals surface area contributed by atoms with Crippen LogP contribution in [-0.2, 0) is 22.9 Å². The number of fused-ring (bicyclic) bond motifs is 1. The van der Waals surface area contributed by atoms with Crippen LogP contribution in [0.4, 0.5) is 8.78 Å². The van der Waals surface area contributed by atoms with Crippen molar-refractivity contribution in [1.82, 2.24) is 4.72 Å². The van der Waals surface area contributed by atoms with E-state index in [1.807, 2.05) is 6.07 Å². The lowest BCUT2D eigenvalue weighted by Gasteiger charge is -2.16. The predicted molar refractivity (Wildman–Crippen MR) is 90.1 cm³/mol. The number of halogens is 2. The van der Waals surface area contributed by atoms with Crippen molar-refractivity contribution in [2.75, 3.05) is 13.2 Å². The molecule has 0 aliphatic heterocycles. The van der Waals surface area contributed by atoms with Gasteiger partial charge in [0.2, 0.25) is 10.0 Å². The predicted octanol–water partition coefficient (Wildman–Crippen LogP) is 3.20. The highest BCUT2D eigenvalue weighted by Crippen LogP contribution is 2.24. The first-order chi connectivity index (χ1) is 12.0. The van der Waals surface area contributed by atoms with Gasteiger partial charge in [-0.15, -0.1) is 0 Å².